The maximum Gasteiger partial charge on any atom is 0.164 e. The summed E-state index contributed by atoms with van der Waals surface area (Å²) < 4.78 is 3.46. The number of fused-ring (bicyclic) bond motifs is 5. The Morgan fingerprint density at radius 2 is 1.21 bits per heavy atom. The van der Waals surface area contributed by atoms with Crippen LogP contribution in [0.1, 0.15) is 60.2 Å². The van der Waals surface area contributed by atoms with Gasteiger partial charge in [-0.15, -0.1) is 11.3 Å². The molecule has 3 aromatic heterocycles. The van der Waals surface area contributed by atoms with E-state index in [0.717, 1.165) is 61.0 Å². The highest BCUT2D eigenvalue weighted by molar-refractivity contribution is 7.22. The van der Waals surface area contributed by atoms with Crippen molar-refractivity contribution < 1.29 is 0 Å². The maximum absolute atomic E-state index is 5.06. The molecule has 0 atom stereocenters. The third-order valence-electron chi connectivity index (χ3n) is 10.8. The lowest BCUT2D eigenvalue weighted by Crippen LogP contribution is -2.15. The van der Waals surface area contributed by atoms with Crippen LogP contribution in [0.25, 0.3) is 90.3 Å². The van der Waals surface area contributed by atoms with Crippen LogP contribution in [0.15, 0.2) is 141 Å². The highest BCUT2D eigenvalue weighted by Crippen LogP contribution is 2.53. The number of nitrogens with zero attached hydrogens (tertiary/aromatic N) is 5. The smallest absolute Gasteiger partial charge is 0.164 e. The molecule has 3 heterocycles. The Hall–Kier alpha value is -6.76. The predicted molar refractivity (Wildman–Crippen MR) is 236 cm³/mol. The predicted octanol–water partition coefficient (Wildman–Crippen LogP) is 13.1. The molecular weight excluding hydrogens is 703 g/mol. The summed E-state index contributed by atoms with van der Waals surface area (Å²) in [5.41, 5.74) is 14.6. The van der Waals surface area contributed by atoms with Crippen molar-refractivity contribution in [3.8, 4) is 50.2 Å². The molecule has 0 saturated carbocycles. The lowest BCUT2D eigenvalue weighted by molar-refractivity contribution is 0.660. The first-order chi connectivity index (χ1) is 27.3. The highest BCUT2D eigenvalue weighted by Gasteiger charge is 2.38. The quantitative estimate of drug-likeness (QED) is 0.148. The lowest BCUT2D eigenvalue weighted by Gasteiger charge is -2.22. The van der Waals surface area contributed by atoms with E-state index in [2.05, 4.69) is 98.8 Å². The number of rotatable bonds is 9. The number of benzene rings is 5. The minimum Gasteiger partial charge on any atom is -0.309 e. The Morgan fingerprint density at radius 1 is 0.625 bits per heavy atom. The summed E-state index contributed by atoms with van der Waals surface area (Å²) >= 11 is 1.77. The second kappa shape index (κ2) is 13.8. The number of hydrogen-bond donors (Lipinski definition) is 0. The third-order valence-corrected chi connectivity index (χ3v) is 11.9. The van der Waals surface area contributed by atoms with E-state index < -0.39 is 0 Å². The topological polar surface area (TPSA) is 56.5 Å². The van der Waals surface area contributed by atoms with E-state index in [1.54, 1.807) is 11.3 Å². The van der Waals surface area contributed by atoms with E-state index >= 15 is 0 Å². The van der Waals surface area contributed by atoms with Crippen LogP contribution >= 0.6 is 11.3 Å². The van der Waals surface area contributed by atoms with Crippen LogP contribution in [-0.2, 0) is 5.41 Å². The Labute approximate surface area is 331 Å². The first-order valence-electron chi connectivity index (χ1n) is 18.7. The van der Waals surface area contributed by atoms with Crippen LogP contribution in [0, 0.1) is 0 Å². The molecule has 1 aliphatic carbocycles. The molecule has 0 N–H and O–H groups in total. The van der Waals surface area contributed by atoms with E-state index in [4.69, 9.17) is 19.9 Å². The van der Waals surface area contributed by atoms with Gasteiger partial charge in [-0.3, -0.25) is 0 Å². The summed E-state index contributed by atoms with van der Waals surface area (Å²) in [6, 6.07) is 41.7. The van der Waals surface area contributed by atoms with Crippen LogP contribution < -0.4 is 0 Å². The van der Waals surface area contributed by atoms with E-state index in [1.165, 1.54) is 27.0 Å². The number of aromatic nitrogens is 5. The van der Waals surface area contributed by atoms with Gasteiger partial charge in [0, 0.05) is 44.5 Å². The standard InChI is InChI=1S/C50H39N5S/c1-7-36-38(29-31(4)46-52-47(32-19-13-10-14-20-32)54-48(53-46)33-21-15-11-16-22-33)43(9-3)55(42(36)8-2)35-25-26-37-40(30-35)50(5,6)39-27-28-41-45(44(37)39)56-49(51-41)34-23-17-12-18-24-34/h7-30H,1-3H2,4-6H3/b31-29+. The zero-order chi connectivity index (χ0) is 38.6. The highest BCUT2D eigenvalue weighted by atomic mass is 32.1. The monoisotopic (exact) mass is 741 g/mol. The number of hydrogen-bond acceptors (Lipinski definition) is 5. The molecule has 9 rings (SSSR count). The maximum atomic E-state index is 5.06. The van der Waals surface area contributed by atoms with Crippen LogP contribution in [-0.4, -0.2) is 24.5 Å². The van der Waals surface area contributed by atoms with Gasteiger partial charge in [0.25, 0.3) is 0 Å². The van der Waals surface area contributed by atoms with Crippen LogP contribution in [0.5, 0.6) is 0 Å². The summed E-state index contributed by atoms with van der Waals surface area (Å²) in [7, 11) is 0. The van der Waals surface area contributed by atoms with Crippen molar-refractivity contribution in [1.82, 2.24) is 24.5 Å². The molecule has 5 nitrogen and oxygen atoms in total. The zero-order valence-corrected chi connectivity index (χ0v) is 32.4. The van der Waals surface area contributed by atoms with Crippen molar-refractivity contribution in [3.05, 3.63) is 181 Å². The van der Waals surface area contributed by atoms with Crippen molar-refractivity contribution in [1.29, 1.82) is 0 Å². The van der Waals surface area contributed by atoms with Gasteiger partial charge >= 0.3 is 0 Å². The van der Waals surface area contributed by atoms with Crippen LogP contribution in [0.2, 0.25) is 0 Å². The molecule has 56 heavy (non-hydrogen) atoms. The Kier molecular flexibility index (Phi) is 8.63. The Balaban J connectivity index is 1.18. The molecule has 5 aromatic carbocycles. The molecule has 0 unspecified atom stereocenters. The van der Waals surface area contributed by atoms with Gasteiger partial charge in [0.05, 0.1) is 21.6 Å². The summed E-state index contributed by atoms with van der Waals surface area (Å²) in [5, 5.41) is 1.04. The molecule has 0 radical (unpaired) electrons. The third kappa shape index (κ3) is 5.69. The molecule has 0 fully saturated rings. The van der Waals surface area contributed by atoms with Crippen molar-refractivity contribution in [3.63, 3.8) is 0 Å². The number of allylic oxidation sites excluding steroid dienone is 1. The van der Waals surface area contributed by atoms with Gasteiger partial charge in [0.2, 0.25) is 0 Å². The molecular formula is C50H39N5S. The largest absolute Gasteiger partial charge is 0.309 e. The second-order valence-electron chi connectivity index (χ2n) is 14.5. The summed E-state index contributed by atoms with van der Waals surface area (Å²) in [6.07, 6.45) is 7.85. The summed E-state index contributed by atoms with van der Waals surface area (Å²) in [6.45, 7) is 19.5. The normalized spacial score (nSPS) is 13.0. The van der Waals surface area contributed by atoms with Crippen LogP contribution in [0.4, 0.5) is 0 Å². The van der Waals surface area contributed by atoms with Crippen molar-refractivity contribution in [2.75, 3.05) is 0 Å². The van der Waals surface area contributed by atoms with Crippen molar-refractivity contribution in [2.45, 2.75) is 26.2 Å². The lowest BCUT2D eigenvalue weighted by atomic mass is 9.82. The minimum absolute atomic E-state index is 0.228. The Morgan fingerprint density at radius 3 is 1.80 bits per heavy atom. The van der Waals surface area contributed by atoms with Crippen molar-refractivity contribution >= 4 is 51.4 Å². The van der Waals surface area contributed by atoms with E-state index in [9.17, 15) is 0 Å². The molecule has 8 aromatic rings. The zero-order valence-electron chi connectivity index (χ0n) is 31.6. The average Bonchev–Trinajstić information content (AvgIpc) is 3.89. The molecule has 270 valence electrons. The average molecular weight is 742 g/mol. The summed E-state index contributed by atoms with van der Waals surface area (Å²) in [5.74, 6) is 1.83. The molecule has 6 heteroatoms. The van der Waals surface area contributed by atoms with E-state index in [1.807, 2.05) is 91.9 Å². The first-order valence-corrected chi connectivity index (χ1v) is 19.5. The fraction of sp³-hybridized carbons (Fsp3) is 0.0800. The van der Waals surface area contributed by atoms with Crippen molar-refractivity contribution in [2.24, 2.45) is 0 Å². The van der Waals surface area contributed by atoms with Gasteiger partial charge in [-0.05, 0) is 65.6 Å². The molecule has 0 amide bonds. The van der Waals surface area contributed by atoms with Crippen LogP contribution in [0.3, 0.4) is 0 Å². The van der Waals surface area contributed by atoms with Gasteiger partial charge in [-0.25, -0.2) is 19.9 Å². The molecule has 0 aliphatic heterocycles. The first kappa shape index (κ1) is 35.0. The SMILES string of the molecule is C=Cc1c(/C=C(\C)c2nc(-c3ccccc3)nc(-c3ccccc3)n2)c(C=C)n(-c2ccc3c(c2)C(C)(C)c2ccc4nc(-c5ccccc5)sc4c2-3)c1C=C. The van der Waals surface area contributed by atoms with Gasteiger partial charge in [0.15, 0.2) is 17.5 Å². The Bertz CT molecular complexity index is 2820. The minimum atomic E-state index is -0.228. The van der Waals surface area contributed by atoms with Gasteiger partial charge in [-0.1, -0.05) is 143 Å². The summed E-state index contributed by atoms with van der Waals surface area (Å²) in [4.78, 5) is 19.9. The number of thiazole rings is 1. The molecule has 0 bridgehead atoms. The fourth-order valence-electron chi connectivity index (χ4n) is 8.00. The fourth-order valence-corrected chi connectivity index (χ4v) is 9.13. The van der Waals surface area contributed by atoms with Gasteiger partial charge in [0.1, 0.15) is 5.01 Å². The molecule has 0 spiro atoms. The van der Waals surface area contributed by atoms with E-state index in [0.29, 0.717) is 17.5 Å². The van der Waals surface area contributed by atoms with Gasteiger partial charge < -0.3 is 4.57 Å². The van der Waals surface area contributed by atoms with E-state index in [-0.39, 0.29) is 5.41 Å². The second-order valence-corrected chi connectivity index (χ2v) is 15.5. The molecule has 1 aliphatic rings. The van der Waals surface area contributed by atoms with Gasteiger partial charge in [-0.2, -0.15) is 0 Å². The molecule has 0 saturated heterocycles.